The van der Waals surface area contributed by atoms with E-state index in [4.69, 9.17) is 5.11 Å². The smallest absolute Gasteiger partial charge is 0.329 e. The first kappa shape index (κ1) is 12.3. The molecular weight excluding hydrogens is 239 g/mol. The molecular formula is C12H13FN2O3. The van der Waals surface area contributed by atoms with Crippen molar-refractivity contribution in [1.82, 2.24) is 5.32 Å². The Bertz CT molecular complexity index is 512. The van der Waals surface area contributed by atoms with Gasteiger partial charge in [-0.15, -0.1) is 0 Å². The predicted octanol–water partition coefficient (Wildman–Crippen LogP) is 1.21. The number of anilines is 1. The predicted molar refractivity (Wildman–Crippen MR) is 63.0 cm³/mol. The van der Waals surface area contributed by atoms with Crippen molar-refractivity contribution >= 4 is 17.6 Å². The molecule has 5 nitrogen and oxygen atoms in total. The highest BCUT2D eigenvalue weighted by molar-refractivity contribution is 5.94. The Balaban J connectivity index is 2.20. The molecule has 0 radical (unpaired) electrons. The molecule has 3 N–H and O–H groups in total. The molecule has 0 heterocycles. The number of benzene rings is 1. The number of carboxylic acid groups (broad SMARTS) is 1. The van der Waals surface area contributed by atoms with Crippen molar-refractivity contribution < 1.29 is 19.1 Å². The van der Waals surface area contributed by atoms with E-state index in [1.54, 1.807) is 0 Å². The maximum atomic E-state index is 13.6. The molecule has 0 aromatic heterocycles. The maximum Gasteiger partial charge on any atom is 0.329 e. The Morgan fingerprint density at radius 3 is 2.50 bits per heavy atom. The fraction of sp³-hybridized carbons (Fsp3) is 0.333. The zero-order valence-electron chi connectivity index (χ0n) is 9.79. The van der Waals surface area contributed by atoms with Crippen LogP contribution in [0.15, 0.2) is 18.2 Å². The number of carboxylic acids is 1. The van der Waals surface area contributed by atoms with Crippen molar-refractivity contribution in [2.75, 3.05) is 12.4 Å². The van der Waals surface area contributed by atoms with E-state index in [9.17, 15) is 14.0 Å². The summed E-state index contributed by atoms with van der Waals surface area (Å²) in [4.78, 5) is 22.3. The zero-order valence-corrected chi connectivity index (χ0v) is 9.79. The van der Waals surface area contributed by atoms with Gasteiger partial charge in [0.05, 0.1) is 5.56 Å². The van der Waals surface area contributed by atoms with E-state index in [-0.39, 0.29) is 5.56 Å². The minimum Gasteiger partial charge on any atom is -0.480 e. The average Bonchev–Trinajstić information content (AvgIpc) is 3.09. The van der Waals surface area contributed by atoms with Crippen LogP contribution >= 0.6 is 0 Å². The van der Waals surface area contributed by atoms with Crippen LogP contribution in [0.25, 0.3) is 0 Å². The van der Waals surface area contributed by atoms with E-state index >= 15 is 0 Å². The topological polar surface area (TPSA) is 78.4 Å². The average molecular weight is 252 g/mol. The fourth-order valence-corrected chi connectivity index (χ4v) is 1.71. The summed E-state index contributed by atoms with van der Waals surface area (Å²) in [6.07, 6.45) is 1.03. The van der Waals surface area contributed by atoms with Crippen molar-refractivity contribution in [3.05, 3.63) is 29.6 Å². The van der Waals surface area contributed by atoms with Gasteiger partial charge in [-0.05, 0) is 31.0 Å². The van der Waals surface area contributed by atoms with Gasteiger partial charge in [-0.2, -0.15) is 0 Å². The first-order chi connectivity index (χ1) is 8.48. The molecule has 1 aliphatic carbocycles. The Labute approximate surface area is 103 Å². The summed E-state index contributed by atoms with van der Waals surface area (Å²) >= 11 is 0. The molecule has 0 unspecified atom stereocenters. The van der Waals surface area contributed by atoms with E-state index in [1.807, 2.05) is 0 Å². The third-order valence-corrected chi connectivity index (χ3v) is 2.98. The molecule has 6 heteroatoms. The minimum atomic E-state index is -0.971. The largest absolute Gasteiger partial charge is 0.480 e. The zero-order chi connectivity index (χ0) is 13.3. The summed E-state index contributed by atoms with van der Waals surface area (Å²) < 4.78 is 13.6. The summed E-state index contributed by atoms with van der Waals surface area (Å²) in [6, 6.07) is 3.96. The van der Waals surface area contributed by atoms with Gasteiger partial charge in [0, 0.05) is 12.7 Å². The van der Waals surface area contributed by atoms with Crippen LogP contribution in [0.1, 0.15) is 23.2 Å². The quantitative estimate of drug-likeness (QED) is 0.752. The fourth-order valence-electron chi connectivity index (χ4n) is 1.71. The first-order valence-corrected chi connectivity index (χ1v) is 5.52. The van der Waals surface area contributed by atoms with Crippen LogP contribution in [0.3, 0.4) is 0 Å². The van der Waals surface area contributed by atoms with Crippen molar-refractivity contribution in [2.45, 2.75) is 18.4 Å². The van der Waals surface area contributed by atoms with Gasteiger partial charge < -0.3 is 15.7 Å². The Kier molecular flexibility index (Phi) is 2.94. The summed E-state index contributed by atoms with van der Waals surface area (Å²) in [5, 5.41) is 14.1. The number of hydrogen-bond donors (Lipinski definition) is 3. The molecule has 1 aliphatic rings. The van der Waals surface area contributed by atoms with Gasteiger partial charge in [-0.1, -0.05) is 0 Å². The van der Waals surface area contributed by atoms with E-state index in [1.165, 1.54) is 19.2 Å². The number of nitrogens with one attached hydrogen (secondary N) is 2. The van der Waals surface area contributed by atoms with Gasteiger partial charge in [-0.25, -0.2) is 9.18 Å². The molecule has 1 aromatic carbocycles. The van der Waals surface area contributed by atoms with Gasteiger partial charge in [0.15, 0.2) is 0 Å². The molecule has 96 valence electrons. The maximum absolute atomic E-state index is 13.6. The van der Waals surface area contributed by atoms with Crippen LogP contribution < -0.4 is 10.6 Å². The minimum absolute atomic E-state index is 0.0665. The van der Waals surface area contributed by atoms with Gasteiger partial charge in [-0.3, -0.25) is 4.79 Å². The van der Waals surface area contributed by atoms with Crippen LogP contribution in [0.4, 0.5) is 10.1 Å². The third-order valence-electron chi connectivity index (χ3n) is 2.98. The molecule has 0 bridgehead atoms. The second-order valence-corrected chi connectivity index (χ2v) is 4.29. The number of rotatable bonds is 4. The number of halogens is 1. The van der Waals surface area contributed by atoms with E-state index in [0.717, 1.165) is 6.07 Å². The number of hydrogen-bond acceptors (Lipinski definition) is 3. The molecule has 0 saturated heterocycles. The Hall–Kier alpha value is -2.11. The number of amides is 1. The van der Waals surface area contributed by atoms with Crippen molar-refractivity contribution in [3.8, 4) is 0 Å². The highest BCUT2D eigenvalue weighted by Crippen LogP contribution is 2.39. The molecule has 1 aromatic rings. The third kappa shape index (κ3) is 2.13. The van der Waals surface area contributed by atoms with Crippen LogP contribution in [0, 0.1) is 5.82 Å². The number of carbonyl (C=O) groups excluding carboxylic acids is 1. The van der Waals surface area contributed by atoms with Crippen LogP contribution in [0.5, 0.6) is 0 Å². The van der Waals surface area contributed by atoms with Crippen LogP contribution in [0.2, 0.25) is 0 Å². The lowest BCUT2D eigenvalue weighted by Gasteiger charge is -2.14. The Morgan fingerprint density at radius 2 is 2.06 bits per heavy atom. The molecule has 18 heavy (non-hydrogen) atoms. The highest BCUT2D eigenvalue weighted by Gasteiger charge is 2.50. The van der Waals surface area contributed by atoms with E-state index < -0.39 is 23.2 Å². The number of carbonyl (C=O) groups is 2. The Morgan fingerprint density at radius 1 is 1.39 bits per heavy atom. The highest BCUT2D eigenvalue weighted by atomic mass is 19.1. The van der Waals surface area contributed by atoms with Gasteiger partial charge in [0.1, 0.15) is 11.4 Å². The monoisotopic (exact) mass is 252 g/mol. The summed E-state index contributed by atoms with van der Waals surface area (Å²) in [5.41, 5.74) is -0.677. The molecule has 1 fully saturated rings. The van der Waals surface area contributed by atoms with Crippen molar-refractivity contribution in [3.63, 3.8) is 0 Å². The lowest BCUT2D eigenvalue weighted by molar-refractivity contribution is -0.138. The standard InChI is InChI=1S/C12H13FN2O3/c1-14-10(16)8-3-2-7(6-9(8)13)15-12(4-5-12)11(17)18/h2-3,6,15H,4-5H2,1H3,(H,14,16)(H,17,18). The summed E-state index contributed by atoms with van der Waals surface area (Å²) in [6.45, 7) is 0. The molecule has 0 aliphatic heterocycles. The number of aliphatic carboxylic acids is 1. The van der Waals surface area contributed by atoms with E-state index in [2.05, 4.69) is 10.6 Å². The van der Waals surface area contributed by atoms with Crippen molar-refractivity contribution in [1.29, 1.82) is 0 Å². The van der Waals surface area contributed by atoms with Gasteiger partial charge in [0.2, 0.25) is 0 Å². The molecule has 0 spiro atoms. The first-order valence-electron chi connectivity index (χ1n) is 5.52. The second kappa shape index (κ2) is 4.29. The molecule has 1 amide bonds. The molecule has 2 rings (SSSR count). The molecule has 0 atom stereocenters. The van der Waals surface area contributed by atoms with Crippen LogP contribution in [-0.4, -0.2) is 29.6 Å². The van der Waals surface area contributed by atoms with Crippen LogP contribution in [-0.2, 0) is 4.79 Å². The summed E-state index contributed by atoms with van der Waals surface area (Å²) in [7, 11) is 1.41. The van der Waals surface area contributed by atoms with Gasteiger partial charge in [0.25, 0.3) is 5.91 Å². The SMILES string of the molecule is CNC(=O)c1ccc(NC2(C(=O)O)CC2)cc1F. The lowest BCUT2D eigenvalue weighted by Crippen LogP contribution is -2.31. The normalized spacial score (nSPS) is 15.9. The van der Waals surface area contributed by atoms with E-state index in [0.29, 0.717) is 18.5 Å². The van der Waals surface area contributed by atoms with Crippen molar-refractivity contribution in [2.24, 2.45) is 0 Å². The summed E-state index contributed by atoms with van der Waals surface area (Å²) in [5.74, 6) is -2.14. The second-order valence-electron chi connectivity index (χ2n) is 4.29. The lowest BCUT2D eigenvalue weighted by atomic mass is 10.1. The molecule has 1 saturated carbocycles. The van der Waals surface area contributed by atoms with Gasteiger partial charge >= 0.3 is 5.97 Å².